The van der Waals surface area contributed by atoms with Crippen LogP contribution >= 0.6 is 22.6 Å². The Hall–Kier alpha value is -2.01. The van der Waals surface area contributed by atoms with Crippen molar-refractivity contribution in [3.63, 3.8) is 0 Å². The number of piperidine rings is 1. The number of fused-ring (bicyclic) bond motifs is 1. The number of halogens is 1. The molecule has 1 fully saturated rings. The maximum atomic E-state index is 14.4. The van der Waals surface area contributed by atoms with E-state index in [0.717, 1.165) is 45.9 Å². The molecule has 9 heteroatoms. The molecule has 2 aromatic rings. The van der Waals surface area contributed by atoms with E-state index in [1.54, 1.807) is 19.1 Å². The van der Waals surface area contributed by atoms with Crippen molar-refractivity contribution in [2.24, 2.45) is 0 Å². The first-order chi connectivity index (χ1) is 17.5. The van der Waals surface area contributed by atoms with Crippen LogP contribution in [0, 0.1) is 3.57 Å². The Morgan fingerprint density at radius 1 is 1.19 bits per heavy atom. The second-order valence-electron chi connectivity index (χ2n) is 10.9. The number of hydrogen-bond donors (Lipinski definition) is 0. The number of para-hydroxylation sites is 1. The highest BCUT2D eigenvalue weighted by molar-refractivity contribution is 14.1. The highest BCUT2D eigenvalue weighted by atomic mass is 127. The Morgan fingerprint density at radius 2 is 1.92 bits per heavy atom. The van der Waals surface area contributed by atoms with E-state index in [-0.39, 0.29) is 24.1 Å². The Labute approximate surface area is 234 Å². The van der Waals surface area contributed by atoms with Gasteiger partial charge in [-0.1, -0.05) is 12.1 Å². The van der Waals surface area contributed by atoms with E-state index in [1.165, 1.54) is 0 Å². The van der Waals surface area contributed by atoms with E-state index in [1.807, 2.05) is 57.7 Å². The van der Waals surface area contributed by atoms with Gasteiger partial charge in [-0.2, -0.15) is 0 Å². The number of unbranched alkanes of at least 4 members (excludes halogenated alkanes) is 1. The van der Waals surface area contributed by atoms with Crippen LogP contribution in [0.1, 0.15) is 70.8 Å². The number of aromatic nitrogens is 1. The van der Waals surface area contributed by atoms with Crippen molar-refractivity contribution >= 4 is 45.5 Å². The number of rotatable bonds is 9. The number of amides is 2. The molecule has 1 aromatic heterocycles. The lowest BCUT2D eigenvalue weighted by Gasteiger charge is -2.41. The van der Waals surface area contributed by atoms with Gasteiger partial charge in [-0.25, -0.2) is 4.79 Å². The van der Waals surface area contributed by atoms with Crippen LogP contribution in [0.25, 0.3) is 10.9 Å². The predicted octanol–water partition coefficient (Wildman–Crippen LogP) is 5.93. The first kappa shape index (κ1) is 29.5. The summed E-state index contributed by atoms with van der Waals surface area (Å²) in [6.45, 7) is 12.2. The number of aryl methyl sites for hydroxylation is 1. The summed E-state index contributed by atoms with van der Waals surface area (Å²) in [6, 6.07) is 5.83. The van der Waals surface area contributed by atoms with Crippen molar-refractivity contribution in [2.75, 3.05) is 33.9 Å². The van der Waals surface area contributed by atoms with Gasteiger partial charge >= 0.3 is 6.09 Å². The molecule has 0 aliphatic carbocycles. The van der Waals surface area contributed by atoms with Crippen molar-refractivity contribution in [1.82, 2.24) is 14.4 Å². The third kappa shape index (κ3) is 6.90. The smallest absolute Gasteiger partial charge is 0.410 e. The molecule has 0 unspecified atom stereocenters. The minimum absolute atomic E-state index is 0.0135. The summed E-state index contributed by atoms with van der Waals surface area (Å²) in [7, 11) is 3.37. The van der Waals surface area contributed by atoms with Gasteiger partial charge in [0, 0.05) is 44.8 Å². The molecule has 1 atom stereocenters. The zero-order valence-corrected chi connectivity index (χ0v) is 25.5. The van der Waals surface area contributed by atoms with Gasteiger partial charge in [0.15, 0.2) is 0 Å². The van der Waals surface area contributed by atoms with Crippen molar-refractivity contribution in [3.05, 3.63) is 27.5 Å². The van der Waals surface area contributed by atoms with E-state index in [2.05, 4.69) is 27.2 Å². The number of benzene rings is 1. The molecule has 1 aliphatic rings. The highest BCUT2D eigenvalue weighted by Gasteiger charge is 2.36. The third-order valence-corrected chi connectivity index (χ3v) is 7.71. The summed E-state index contributed by atoms with van der Waals surface area (Å²) in [6.07, 6.45) is 3.13. The highest BCUT2D eigenvalue weighted by Crippen LogP contribution is 2.36. The zero-order valence-electron chi connectivity index (χ0n) is 23.3. The summed E-state index contributed by atoms with van der Waals surface area (Å²) in [5.41, 5.74) is 1.06. The van der Waals surface area contributed by atoms with E-state index in [0.29, 0.717) is 31.9 Å². The van der Waals surface area contributed by atoms with Crippen molar-refractivity contribution in [1.29, 1.82) is 0 Å². The number of carbonyl (C=O) groups is 2. The van der Waals surface area contributed by atoms with Crippen LogP contribution in [0.3, 0.4) is 0 Å². The lowest BCUT2D eigenvalue weighted by Crippen LogP contribution is -2.54. The molecule has 0 saturated carbocycles. The second kappa shape index (κ2) is 12.7. The fraction of sp³-hybridized carbons (Fsp3) is 0.643. The summed E-state index contributed by atoms with van der Waals surface area (Å²) in [5, 5.41) is 1.01. The Morgan fingerprint density at radius 3 is 2.54 bits per heavy atom. The standard InChI is InChI=1S/C28H42IN3O5/c1-19(2)32(20-12-11-15-30(18-20)27(34)37-28(3,4)5)26(33)25-23(29)21-13-10-14-22(36-7)24(21)31(25)16-8-9-17-35-6/h10,13-14,19-20H,8-9,11-12,15-18H2,1-7H3/t20-/m1/s1. The normalized spacial score (nSPS) is 16.4. The van der Waals surface area contributed by atoms with Crippen LogP contribution in [0.4, 0.5) is 4.79 Å². The number of carbonyl (C=O) groups excluding carboxylic acids is 2. The number of likely N-dealkylation sites (tertiary alicyclic amines) is 1. The molecule has 2 heterocycles. The van der Waals surface area contributed by atoms with Crippen molar-refractivity contribution in [2.45, 2.75) is 84.5 Å². The molecular weight excluding hydrogens is 585 g/mol. The molecule has 2 amide bonds. The minimum atomic E-state index is -0.559. The summed E-state index contributed by atoms with van der Waals surface area (Å²) < 4.78 is 19.6. The number of ether oxygens (including phenoxy) is 3. The SMILES string of the molecule is COCCCCn1c(C(=O)N(C(C)C)[C@@H]2CCCN(C(=O)OC(C)(C)C)C2)c(I)c2cccc(OC)c21. The van der Waals surface area contributed by atoms with Gasteiger partial charge in [0.05, 0.1) is 22.2 Å². The molecule has 3 rings (SSSR count). The molecule has 1 aliphatic heterocycles. The first-order valence-corrected chi connectivity index (χ1v) is 14.2. The van der Waals surface area contributed by atoms with E-state index in [9.17, 15) is 9.59 Å². The van der Waals surface area contributed by atoms with Crippen molar-refractivity contribution < 1.29 is 23.8 Å². The Bertz CT molecular complexity index is 1090. The average molecular weight is 628 g/mol. The van der Waals surface area contributed by atoms with E-state index >= 15 is 0 Å². The quantitative estimate of drug-likeness (QED) is 0.255. The van der Waals surface area contributed by atoms with E-state index < -0.39 is 5.60 Å². The molecule has 37 heavy (non-hydrogen) atoms. The molecule has 8 nitrogen and oxygen atoms in total. The molecule has 0 spiro atoms. The molecule has 0 N–H and O–H groups in total. The molecule has 0 bridgehead atoms. The minimum Gasteiger partial charge on any atom is -0.495 e. The molecule has 1 saturated heterocycles. The van der Waals surface area contributed by atoms with Gasteiger partial charge in [-0.3, -0.25) is 4.79 Å². The van der Waals surface area contributed by atoms with Gasteiger partial charge in [0.1, 0.15) is 17.0 Å². The maximum Gasteiger partial charge on any atom is 0.410 e. The van der Waals surface area contributed by atoms with Gasteiger partial charge in [0.25, 0.3) is 5.91 Å². The van der Waals surface area contributed by atoms with Crippen LogP contribution in [-0.2, 0) is 16.0 Å². The van der Waals surface area contributed by atoms with E-state index in [4.69, 9.17) is 14.2 Å². The van der Waals surface area contributed by atoms with Crippen LogP contribution in [-0.4, -0.2) is 78.0 Å². The van der Waals surface area contributed by atoms with Gasteiger partial charge < -0.3 is 28.6 Å². The summed E-state index contributed by atoms with van der Waals surface area (Å²) in [5.74, 6) is 0.742. The molecule has 206 valence electrons. The van der Waals surface area contributed by atoms with Crippen molar-refractivity contribution in [3.8, 4) is 5.75 Å². The molecule has 1 aromatic carbocycles. The van der Waals surface area contributed by atoms with Crippen LogP contribution in [0.2, 0.25) is 0 Å². The monoisotopic (exact) mass is 627 g/mol. The fourth-order valence-electron chi connectivity index (χ4n) is 5.07. The van der Waals surface area contributed by atoms with Crippen LogP contribution in [0.15, 0.2) is 18.2 Å². The maximum absolute atomic E-state index is 14.4. The zero-order chi connectivity index (χ0) is 27.3. The second-order valence-corrected chi connectivity index (χ2v) is 12.0. The van der Waals surface area contributed by atoms with Gasteiger partial charge in [0.2, 0.25) is 0 Å². The first-order valence-electron chi connectivity index (χ1n) is 13.1. The lowest BCUT2D eigenvalue weighted by atomic mass is 10.0. The van der Waals surface area contributed by atoms with Crippen LogP contribution < -0.4 is 4.74 Å². The third-order valence-electron chi connectivity index (χ3n) is 6.62. The summed E-state index contributed by atoms with van der Waals surface area (Å²) in [4.78, 5) is 30.9. The predicted molar refractivity (Wildman–Crippen MR) is 154 cm³/mol. The Kier molecular flexibility index (Phi) is 10.1. The molecular formula is C28H42IN3O5. The molecule has 0 radical (unpaired) electrons. The average Bonchev–Trinajstić information content (AvgIpc) is 3.12. The number of nitrogens with zero attached hydrogens (tertiary/aromatic N) is 3. The number of methoxy groups -OCH3 is 2. The topological polar surface area (TPSA) is 73.2 Å². The fourth-order valence-corrected chi connectivity index (χ4v) is 6.03. The lowest BCUT2D eigenvalue weighted by molar-refractivity contribution is 0.00731. The number of hydrogen-bond acceptors (Lipinski definition) is 5. The van der Waals surface area contributed by atoms with Crippen LogP contribution in [0.5, 0.6) is 5.75 Å². The van der Waals surface area contributed by atoms with Gasteiger partial charge in [-0.05, 0) is 89.0 Å². The van der Waals surface area contributed by atoms with Gasteiger partial charge in [-0.15, -0.1) is 0 Å². The largest absolute Gasteiger partial charge is 0.495 e. The Balaban J connectivity index is 1.99. The summed E-state index contributed by atoms with van der Waals surface area (Å²) >= 11 is 2.30.